The van der Waals surface area contributed by atoms with Crippen molar-refractivity contribution in [3.05, 3.63) is 28.8 Å². The number of hydrogen-bond acceptors (Lipinski definition) is 2. The quantitative estimate of drug-likeness (QED) is 0.785. The zero-order valence-corrected chi connectivity index (χ0v) is 11.1. The van der Waals surface area contributed by atoms with Crippen molar-refractivity contribution in [1.82, 2.24) is 0 Å². The van der Waals surface area contributed by atoms with Gasteiger partial charge in [-0.2, -0.15) is 13.2 Å². The number of halogens is 4. The highest BCUT2D eigenvalue weighted by molar-refractivity contribution is 6.31. The molecule has 1 aliphatic rings. The van der Waals surface area contributed by atoms with Crippen molar-refractivity contribution in [3.8, 4) is 0 Å². The van der Waals surface area contributed by atoms with Gasteiger partial charge in [0.1, 0.15) is 5.78 Å². The number of rotatable bonds is 1. The first-order chi connectivity index (χ1) is 8.79. The minimum absolute atomic E-state index is 0.154. The van der Waals surface area contributed by atoms with Gasteiger partial charge in [0.05, 0.1) is 10.6 Å². The Morgan fingerprint density at radius 2 is 2.05 bits per heavy atom. The fourth-order valence-electron chi connectivity index (χ4n) is 2.18. The van der Waals surface area contributed by atoms with E-state index in [1.54, 1.807) is 17.9 Å². The summed E-state index contributed by atoms with van der Waals surface area (Å²) in [6.45, 7) is 2.68. The van der Waals surface area contributed by atoms with Crippen LogP contribution in [-0.2, 0) is 11.0 Å². The number of benzene rings is 1. The second kappa shape index (κ2) is 5.04. The molecule has 6 heteroatoms. The van der Waals surface area contributed by atoms with E-state index in [0.29, 0.717) is 25.2 Å². The van der Waals surface area contributed by atoms with Crippen LogP contribution in [0.15, 0.2) is 18.2 Å². The molecule has 1 unspecified atom stereocenters. The highest BCUT2D eigenvalue weighted by Gasteiger charge is 2.34. The van der Waals surface area contributed by atoms with Crippen LogP contribution in [-0.4, -0.2) is 18.9 Å². The standard InChI is InChI=1S/C13H13ClF3NO/c1-8-7-18(5-4-12(8)19)9-2-3-11(14)10(6-9)13(15,16)17/h2-3,6,8H,4-5,7H2,1H3. The molecule has 2 nitrogen and oxygen atoms in total. The van der Waals surface area contributed by atoms with Crippen LogP contribution >= 0.6 is 11.6 Å². The van der Waals surface area contributed by atoms with Crippen LogP contribution in [0, 0.1) is 5.92 Å². The third-order valence-corrected chi connectivity index (χ3v) is 3.62. The molecule has 0 aliphatic carbocycles. The molecule has 0 bridgehead atoms. The Hall–Kier alpha value is -1.23. The van der Waals surface area contributed by atoms with Gasteiger partial charge in [-0.3, -0.25) is 4.79 Å². The Labute approximate surface area is 114 Å². The summed E-state index contributed by atoms with van der Waals surface area (Å²) in [5, 5.41) is -0.308. The number of carbonyl (C=O) groups excluding carboxylic acids is 1. The summed E-state index contributed by atoms with van der Waals surface area (Å²) in [5.41, 5.74) is -0.382. The molecule has 0 radical (unpaired) electrons. The molecule has 1 aromatic carbocycles. The lowest BCUT2D eigenvalue weighted by Gasteiger charge is -2.32. The van der Waals surface area contributed by atoms with Crippen LogP contribution in [0.4, 0.5) is 18.9 Å². The first-order valence-corrected chi connectivity index (χ1v) is 6.31. The van der Waals surface area contributed by atoms with Crippen LogP contribution in [0.5, 0.6) is 0 Å². The summed E-state index contributed by atoms with van der Waals surface area (Å²) >= 11 is 5.58. The van der Waals surface area contributed by atoms with E-state index < -0.39 is 11.7 Å². The molecule has 1 saturated heterocycles. The van der Waals surface area contributed by atoms with Gasteiger partial charge in [-0.1, -0.05) is 18.5 Å². The van der Waals surface area contributed by atoms with Crippen LogP contribution in [0.25, 0.3) is 0 Å². The molecule has 1 aromatic rings. The Kier molecular flexibility index (Phi) is 3.76. The van der Waals surface area contributed by atoms with E-state index in [1.165, 1.54) is 6.07 Å². The smallest absolute Gasteiger partial charge is 0.370 e. The van der Waals surface area contributed by atoms with Crippen LogP contribution in [0.3, 0.4) is 0 Å². The SMILES string of the molecule is CC1CN(c2ccc(Cl)c(C(F)(F)F)c2)CCC1=O. The van der Waals surface area contributed by atoms with E-state index in [-0.39, 0.29) is 16.7 Å². The maximum Gasteiger partial charge on any atom is 0.417 e. The number of nitrogens with zero attached hydrogens (tertiary/aromatic N) is 1. The number of ketones is 1. The number of carbonyl (C=O) groups is 1. The Morgan fingerprint density at radius 3 is 2.63 bits per heavy atom. The van der Waals surface area contributed by atoms with E-state index in [9.17, 15) is 18.0 Å². The van der Waals surface area contributed by atoms with E-state index in [0.717, 1.165) is 6.07 Å². The topological polar surface area (TPSA) is 20.3 Å². The van der Waals surface area contributed by atoms with Gasteiger partial charge >= 0.3 is 6.18 Å². The summed E-state index contributed by atoms with van der Waals surface area (Å²) in [6.07, 6.45) is -4.10. The maximum atomic E-state index is 12.8. The molecule has 1 heterocycles. The van der Waals surface area contributed by atoms with Gasteiger partial charge in [0.2, 0.25) is 0 Å². The largest absolute Gasteiger partial charge is 0.417 e. The average Bonchev–Trinajstić information content (AvgIpc) is 2.32. The van der Waals surface area contributed by atoms with Crippen molar-refractivity contribution in [2.24, 2.45) is 5.92 Å². The molecule has 0 N–H and O–H groups in total. The third kappa shape index (κ3) is 3.03. The Bertz CT molecular complexity index is 501. The van der Waals surface area contributed by atoms with Crippen molar-refractivity contribution in [2.45, 2.75) is 19.5 Å². The Balaban J connectivity index is 2.29. The van der Waals surface area contributed by atoms with Gasteiger partial charge in [0.15, 0.2) is 0 Å². The predicted octanol–water partition coefficient (Wildman–Crippen LogP) is 3.77. The number of alkyl halides is 3. The van der Waals surface area contributed by atoms with E-state index in [4.69, 9.17) is 11.6 Å². The van der Waals surface area contributed by atoms with Gasteiger partial charge in [-0.25, -0.2) is 0 Å². The minimum Gasteiger partial charge on any atom is -0.370 e. The Morgan fingerprint density at radius 1 is 1.37 bits per heavy atom. The fourth-order valence-corrected chi connectivity index (χ4v) is 2.40. The molecule has 1 fully saturated rings. The number of hydrogen-bond donors (Lipinski definition) is 0. The van der Waals surface area contributed by atoms with Crippen molar-refractivity contribution in [3.63, 3.8) is 0 Å². The summed E-state index contributed by atoms with van der Waals surface area (Å²) in [6, 6.07) is 3.85. The van der Waals surface area contributed by atoms with Crippen LogP contribution < -0.4 is 4.90 Å². The lowest BCUT2D eigenvalue weighted by molar-refractivity contribution is -0.137. The van der Waals surface area contributed by atoms with E-state index in [1.807, 2.05) is 0 Å². The molecule has 0 aromatic heterocycles. The predicted molar refractivity (Wildman–Crippen MR) is 67.5 cm³/mol. The van der Waals surface area contributed by atoms with Crippen molar-refractivity contribution >= 4 is 23.1 Å². The summed E-state index contributed by atoms with van der Waals surface area (Å²) in [7, 11) is 0. The van der Waals surface area contributed by atoms with E-state index in [2.05, 4.69) is 0 Å². The number of Topliss-reactive ketones (excluding diaryl/α,β-unsaturated/α-hetero) is 1. The highest BCUT2D eigenvalue weighted by Crippen LogP contribution is 2.37. The molecular weight excluding hydrogens is 279 g/mol. The van der Waals surface area contributed by atoms with Crippen LogP contribution in [0.2, 0.25) is 5.02 Å². The normalized spacial score (nSPS) is 20.8. The van der Waals surface area contributed by atoms with Crippen LogP contribution in [0.1, 0.15) is 18.9 Å². The molecule has 1 atom stereocenters. The van der Waals surface area contributed by atoms with Gasteiger partial charge in [0.25, 0.3) is 0 Å². The molecule has 0 spiro atoms. The zero-order valence-electron chi connectivity index (χ0n) is 10.3. The second-order valence-electron chi connectivity index (χ2n) is 4.73. The molecule has 1 aliphatic heterocycles. The molecule has 2 rings (SSSR count). The van der Waals surface area contributed by atoms with E-state index >= 15 is 0 Å². The lowest BCUT2D eigenvalue weighted by Crippen LogP contribution is -2.39. The first kappa shape index (κ1) is 14.2. The summed E-state index contributed by atoms with van der Waals surface area (Å²) in [5.74, 6) is 0.0000215. The summed E-state index contributed by atoms with van der Waals surface area (Å²) in [4.78, 5) is 13.2. The average molecular weight is 292 g/mol. The number of anilines is 1. The highest BCUT2D eigenvalue weighted by atomic mass is 35.5. The zero-order chi connectivity index (χ0) is 14.2. The molecule has 0 saturated carbocycles. The molecule has 19 heavy (non-hydrogen) atoms. The van der Waals surface area contributed by atoms with Crippen molar-refractivity contribution < 1.29 is 18.0 Å². The van der Waals surface area contributed by atoms with Crippen molar-refractivity contribution in [1.29, 1.82) is 0 Å². The monoisotopic (exact) mass is 291 g/mol. The minimum atomic E-state index is -4.47. The number of piperidine rings is 1. The summed E-state index contributed by atoms with van der Waals surface area (Å²) < 4.78 is 38.3. The maximum absolute atomic E-state index is 12.8. The molecular formula is C13H13ClF3NO. The van der Waals surface area contributed by atoms with Gasteiger partial charge < -0.3 is 4.90 Å². The fraction of sp³-hybridized carbons (Fsp3) is 0.462. The van der Waals surface area contributed by atoms with Gasteiger partial charge in [-0.05, 0) is 18.2 Å². The lowest BCUT2D eigenvalue weighted by atomic mass is 9.98. The molecule has 0 amide bonds. The third-order valence-electron chi connectivity index (χ3n) is 3.29. The van der Waals surface area contributed by atoms with Gasteiger partial charge in [-0.15, -0.1) is 0 Å². The molecule has 104 valence electrons. The second-order valence-corrected chi connectivity index (χ2v) is 5.13. The van der Waals surface area contributed by atoms with Crippen molar-refractivity contribution in [2.75, 3.05) is 18.0 Å². The van der Waals surface area contributed by atoms with Gasteiger partial charge in [0, 0.05) is 31.1 Å². The first-order valence-electron chi connectivity index (χ1n) is 5.93.